The van der Waals surface area contributed by atoms with Gasteiger partial charge in [0.05, 0.1) is 30.5 Å². The Labute approximate surface area is 157 Å². The quantitative estimate of drug-likeness (QED) is 0.663. The maximum atomic E-state index is 12.6. The van der Waals surface area contributed by atoms with Crippen LogP contribution in [0.15, 0.2) is 53.9 Å². The lowest BCUT2D eigenvalue weighted by atomic mass is 10.1. The molecule has 0 saturated heterocycles. The maximum Gasteiger partial charge on any atom is 0.416 e. The number of anilines is 1. The number of hydrogen-bond acceptors (Lipinski definition) is 4. The second-order valence-corrected chi connectivity index (χ2v) is 6.50. The topological polar surface area (TPSA) is 51.2 Å². The van der Waals surface area contributed by atoms with Crippen LogP contribution in [0.4, 0.5) is 18.9 Å². The van der Waals surface area contributed by atoms with Crippen molar-refractivity contribution in [2.24, 2.45) is 0 Å². The van der Waals surface area contributed by atoms with E-state index in [0.717, 1.165) is 12.1 Å². The molecule has 4 nitrogen and oxygen atoms in total. The lowest BCUT2D eigenvalue weighted by molar-refractivity contribution is -0.137. The standard InChI is InChI=1S/C19H15F3N2O2S/c1-26-16-5-3-2-4-15(16)24-17(25)10-14-11-27-18(23-14)12-6-8-13(9-7-12)19(20,21)22/h2-9,11H,10H2,1H3,(H,24,25). The monoisotopic (exact) mass is 392 g/mol. The Kier molecular flexibility index (Phi) is 5.46. The van der Waals surface area contributed by atoms with Crippen LogP contribution in [-0.2, 0) is 17.4 Å². The number of carbonyl (C=O) groups excluding carboxylic acids is 1. The molecule has 3 aromatic rings. The number of nitrogens with zero attached hydrogens (tertiary/aromatic N) is 1. The first-order valence-corrected chi connectivity index (χ1v) is 8.79. The second-order valence-electron chi connectivity index (χ2n) is 5.64. The van der Waals surface area contributed by atoms with Crippen LogP contribution < -0.4 is 10.1 Å². The maximum absolute atomic E-state index is 12.6. The molecule has 0 saturated carbocycles. The highest BCUT2D eigenvalue weighted by molar-refractivity contribution is 7.13. The van der Waals surface area contributed by atoms with Crippen molar-refractivity contribution in [2.75, 3.05) is 12.4 Å². The average molecular weight is 392 g/mol. The number of alkyl halides is 3. The highest BCUT2D eigenvalue weighted by Gasteiger charge is 2.30. The summed E-state index contributed by atoms with van der Waals surface area (Å²) >= 11 is 1.27. The molecule has 0 radical (unpaired) electrons. The Balaban J connectivity index is 1.68. The van der Waals surface area contributed by atoms with Gasteiger partial charge in [-0.05, 0) is 24.3 Å². The van der Waals surface area contributed by atoms with Crippen molar-refractivity contribution >= 4 is 22.9 Å². The van der Waals surface area contributed by atoms with E-state index in [1.165, 1.54) is 30.6 Å². The minimum Gasteiger partial charge on any atom is -0.495 e. The summed E-state index contributed by atoms with van der Waals surface area (Å²) in [5, 5.41) is 5.03. The van der Waals surface area contributed by atoms with Crippen LogP contribution in [0.25, 0.3) is 10.6 Å². The number of para-hydroxylation sites is 2. The first-order chi connectivity index (χ1) is 12.9. The molecule has 3 rings (SSSR count). The predicted molar refractivity (Wildman–Crippen MR) is 97.9 cm³/mol. The number of carbonyl (C=O) groups is 1. The Morgan fingerprint density at radius 1 is 1.15 bits per heavy atom. The van der Waals surface area contributed by atoms with E-state index in [-0.39, 0.29) is 12.3 Å². The molecule has 0 aliphatic heterocycles. The molecule has 27 heavy (non-hydrogen) atoms. The summed E-state index contributed by atoms with van der Waals surface area (Å²) in [6.45, 7) is 0. The molecule has 140 valence electrons. The van der Waals surface area contributed by atoms with Gasteiger partial charge >= 0.3 is 6.18 Å². The van der Waals surface area contributed by atoms with Crippen LogP contribution in [0, 0.1) is 0 Å². The van der Waals surface area contributed by atoms with Crippen LogP contribution in [0.5, 0.6) is 5.75 Å². The fourth-order valence-corrected chi connectivity index (χ4v) is 3.26. The molecule has 0 bridgehead atoms. The summed E-state index contributed by atoms with van der Waals surface area (Å²) < 4.78 is 43.1. The SMILES string of the molecule is COc1ccccc1NC(=O)Cc1csc(-c2ccc(C(F)(F)F)cc2)n1. The lowest BCUT2D eigenvalue weighted by Crippen LogP contribution is -2.15. The Morgan fingerprint density at radius 3 is 2.52 bits per heavy atom. The molecule has 1 N–H and O–H groups in total. The first kappa shape index (κ1) is 18.9. The summed E-state index contributed by atoms with van der Waals surface area (Å²) in [4.78, 5) is 16.6. The van der Waals surface area contributed by atoms with Crippen LogP contribution in [-0.4, -0.2) is 18.0 Å². The zero-order valence-electron chi connectivity index (χ0n) is 14.2. The molecule has 0 unspecified atom stereocenters. The average Bonchev–Trinajstić information content (AvgIpc) is 3.10. The summed E-state index contributed by atoms with van der Waals surface area (Å²) in [5.74, 6) is 0.290. The zero-order valence-corrected chi connectivity index (χ0v) is 15.0. The molecule has 0 aliphatic rings. The molecule has 0 atom stereocenters. The zero-order chi connectivity index (χ0) is 19.4. The van der Waals surface area contributed by atoms with Crippen molar-refractivity contribution in [3.63, 3.8) is 0 Å². The summed E-state index contributed by atoms with van der Waals surface area (Å²) in [7, 11) is 1.52. The number of hydrogen-bond donors (Lipinski definition) is 1. The van der Waals surface area contributed by atoms with E-state index in [9.17, 15) is 18.0 Å². The number of nitrogens with one attached hydrogen (secondary N) is 1. The van der Waals surface area contributed by atoms with Gasteiger partial charge in [0.25, 0.3) is 0 Å². The van der Waals surface area contributed by atoms with Gasteiger partial charge in [-0.3, -0.25) is 4.79 Å². The minimum absolute atomic E-state index is 0.0508. The Morgan fingerprint density at radius 2 is 1.85 bits per heavy atom. The molecule has 1 heterocycles. The van der Waals surface area contributed by atoms with E-state index >= 15 is 0 Å². The number of rotatable bonds is 5. The lowest BCUT2D eigenvalue weighted by Gasteiger charge is -2.09. The number of amides is 1. The number of methoxy groups -OCH3 is 1. The predicted octanol–water partition coefficient (Wildman–Crippen LogP) is 5.02. The van der Waals surface area contributed by atoms with Gasteiger partial charge < -0.3 is 10.1 Å². The van der Waals surface area contributed by atoms with Gasteiger partial charge in [0, 0.05) is 10.9 Å². The summed E-state index contributed by atoms with van der Waals surface area (Å²) in [6, 6.07) is 11.8. The van der Waals surface area contributed by atoms with Gasteiger partial charge in [0.1, 0.15) is 10.8 Å². The van der Waals surface area contributed by atoms with Crippen molar-refractivity contribution in [1.29, 1.82) is 0 Å². The first-order valence-electron chi connectivity index (χ1n) is 7.91. The van der Waals surface area contributed by atoms with Crippen molar-refractivity contribution in [3.05, 3.63) is 65.2 Å². The van der Waals surface area contributed by atoms with Gasteiger partial charge in [-0.2, -0.15) is 13.2 Å². The number of halogens is 3. The molecule has 0 aliphatic carbocycles. The third kappa shape index (κ3) is 4.65. The highest BCUT2D eigenvalue weighted by Crippen LogP contribution is 2.32. The van der Waals surface area contributed by atoms with Crippen molar-refractivity contribution in [3.8, 4) is 16.3 Å². The van der Waals surface area contributed by atoms with Crippen LogP contribution in [0.3, 0.4) is 0 Å². The minimum atomic E-state index is -4.37. The number of benzene rings is 2. The van der Waals surface area contributed by atoms with Crippen LogP contribution in [0.2, 0.25) is 0 Å². The van der Waals surface area contributed by atoms with E-state index in [4.69, 9.17) is 4.74 Å². The normalized spacial score (nSPS) is 11.3. The third-order valence-corrected chi connectivity index (χ3v) is 4.67. The molecule has 8 heteroatoms. The summed E-state index contributed by atoms with van der Waals surface area (Å²) in [5.41, 5.74) is 0.967. The molecular formula is C19H15F3N2O2S. The Bertz CT molecular complexity index is 937. The van der Waals surface area contributed by atoms with E-state index < -0.39 is 11.7 Å². The third-order valence-electron chi connectivity index (χ3n) is 3.73. The number of thiazole rings is 1. The van der Waals surface area contributed by atoms with E-state index in [2.05, 4.69) is 10.3 Å². The van der Waals surface area contributed by atoms with Gasteiger partial charge in [-0.1, -0.05) is 24.3 Å². The Hall–Kier alpha value is -2.87. The molecule has 0 spiro atoms. The smallest absolute Gasteiger partial charge is 0.416 e. The number of aromatic nitrogens is 1. The van der Waals surface area contributed by atoms with Crippen LogP contribution >= 0.6 is 11.3 Å². The van der Waals surface area contributed by atoms with E-state index in [0.29, 0.717) is 27.7 Å². The van der Waals surface area contributed by atoms with Gasteiger partial charge in [0.2, 0.25) is 5.91 Å². The molecule has 1 aromatic heterocycles. The fraction of sp³-hybridized carbons (Fsp3) is 0.158. The van der Waals surface area contributed by atoms with E-state index in [1.54, 1.807) is 29.6 Å². The highest BCUT2D eigenvalue weighted by atomic mass is 32.1. The van der Waals surface area contributed by atoms with Gasteiger partial charge in [0.15, 0.2) is 0 Å². The number of ether oxygens (including phenoxy) is 1. The molecule has 2 aromatic carbocycles. The summed E-state index contributed by atoms with van der Waals surface area (Å²) in [6.07, 6.45) is -4.32. The molecule has 0 fully saturated rings. The van der Waals surface area contributed by atoms with Crippen molar-refractivity contribution < 1.29 is 22.7 Å². The molecular weight excluding hydrogens is 377 g/mol. The largest absolute Gasteiger partial charge is 0.495 e. The fourth-order valence-electron chi connectivity index (χ4n) is 2.43. The van der Waals surface area contributed by atoms with E-state index in [1.807, 2.05) is 0 Å². The van der Waals surface area contributed by atoms with Gasteiger partial charge in [-0.25, -0.2) is 4.98 Å². The van der Waals surface area contributed by atoms with Gasteiger partial charge in [-0.15, -0.1) is 11.3 Å². The van der Waals surface area contributed by atoms with Crippen LogP contribution in [0.1, 0.15) is 11.3 Å². The van der Waals surface area contributed by atoms with Crippen molar-refractivity contribution in [1.82, 2.24) is 4.98 Å². The molecule has 1 amide bonds. The second kappa shape index (κ2) is 7.79. The van der Waals surface area contributed by atoms with Crippen molar-refractivity contribution in [2.45, 2.75) is 12.6 Å².